The van der Waals surface area contributed by atoms with E-state index in [2.05, 4.69) is 20.8 Å². The smallest absolute Gasteiger partial charge is 0.319 e. The molecule has 124 valence electrons. The monoisotopic (exact) mass is 318 g/mol. The highest BCUT2D eigenvalue weighted by Gasteiger charge is 2.10. The average Bonchev–Trinajstić information content (AvgIpc) is 2.91. The first kappa shape index (κ1) is 17.0. The Morgan fingerprint density at radius 3 is 2.83 bits per heavy atom. The molecule has 2 atom stereocenters. The number of aryl methyl sites for hydroxylation is 1. The SMILES string of the molecule is Cc1nc(-c2cccc(NC(=O)NCC(C)CC(C)O)c2)no1. The molecule has 2 aromatic rings. The summed E-state index contributed by atoms with van der Waals surface area (Å²) in [4.78, 5) is 16.1. The molecule has 0 aliphatic rings. The summed E-state index contributed by atoms with van der Waals surface area (Å²) >= 11 is 0. The molecule has 23 heavy (non-hydrogen) atoms. The maximum atomic E-state index is 11.9. The fourth-order valence-electron chi connectivity index (χ4n) is 2.26. The molecule has 0 saturated heterocycles. The van der Waals surface area contributed by atoms with E-state index >= 15 is 0 Å². The van der Waals surface area contributed by atoms with Gasteiger partial charge in [-0.3, -0.25) is 0 Å². The van der Waals surface area contributed by atoms with Crippen LogP contribution in [-0.4, -0.2) is 33.9 Å². The summed E-state index contributed by atoms with van der Waals surface area (Å²) in [6, 6.07) is 6.94. The second-order valence-corrected chi connectivity index (χ2v) is 5.74. The fraction of sp³-hybridized carbons (Fsp3) is 0.438. The van der Waals surface area contributed by atoms with Crippen molar-refractivity contribution in [2.24, 2.45) is 5.92 Å². The van der Waals surface area contributed by atoms with Gasteiger partial charge in [0.1, 0.15) is 0 Å². The number of hydrogen-bond acceptors (Lipinski definition) is 5. The second kappa shape index (κ2) is 7.73. The van der Waals surface area contributed by atoms with Gasteiger partial charge in [0.05, 0.1) is 6.10 Å². The van der Waals surface area contributed by atoms with E-state index in [0.29, 0.717) is 30.4 Å². The normalized spacial score (nSPS) is 13.4. The Bertz CT molecular complexity index is 654. The van der Waals surface area contributed by atoms with Crippen molar-refractivity contribution in [3.8, 4) is 11.4 Å². The molecular formula is C16H22N4O3. The number of amides is 2. The van der Waals surface area contributed by atoms with Crippen LogP contribution in [-0.2, 0) is 0 Å². The predicted octanol–water partition coefficient (Wildman–Crippen LogP) is 2.57. The zero-order chi connectivity index (χ0) is 16.8. The first-order valence-electron chi connectivity index (χ1n) is 7.57. The number of nitrogens with zero attached hydrogens (tertiary/aromatic N) is 2. The number of aliphatic hydroxyl groups is 1. The van der Waals surface area contributed by atoms with E-state index < -0.39 is 0 Å². The Balaban J connectivity index is 1.91. The van der Waals surface area contributed by atoms with Crippen LogP contribution in [0.1, 0.15) is 26.2 Å². The minimum atomic E-state index is -0.370. The van der Waals surface area contributed by atoms with Gasteiger partial charge in [0.2, 0.25) is 11.7 Å². The standard InChI is InChI=1S/C16H22N4O3/c1-10(7-11(2)21)9-17-16(22)19-14-6-4-5-13(8-14)15-18-12(3)23-20-15/h4-6,8,10-11,21H,7,9H2,1-3H3,(H2,17,19,22). The number of benzene rings is 1. The largest absolute Gasteiger partial charge is 0.393 e. The molecular weight excluding hydrogens is 296 g/mol. The Morgan fingerprint density at radius 1 is 1.39 bits per heavy atom. The van der Waals surface area contributed by atoms with Crippen LogP contribution in [0.5, 0.6) is 0 Å². The molecule has 1 aromatic carbocycles. The van der Waals surface area contributed by atoms with E-state index in [1.54, 1.807) is 26.0 Å². The van der Waals surface area contributed by atoms with Crippen LogP contribution in [0.2, 0.25) is 0 Å². The quantitative estimate of drug-likeness (QED) is 0.760. The number of nitrogens with one attached hydrogen (secondary N) is 2. The lowest BCUT2D eigenvalue weighted by Crippen LogP contribution is -2.33. The van der Waals surface area contributed by atoms with Crippen LogP contribution in [0.4, 0.5) is 10.5 Å². The molecule has 2 amide bonds. The highest BCUT2D eigenvalue weighted by Crippen LogP contribution is 2.19. The van der Waals surface area contributed by atoms with Crippen molar-refractivity contribution in [2.75, 3.05) is 11.9 Å². The number of rotatable bonds is 6. The number of aromatic nitrogens is 2. The first-order chi connectivity index (χ1) is 10.9. The van der Waals surface area contributed by atoms with Crippen LogP contribution in [0, 0.1) is 12.8 Å². The summed E-state index contributed by atoms with van der Waals surface area (Å²) < 4.78 is 4.96. The molecule has 1 aromatic heterocycles. The van der Waals surface area contributed by atoms with E-state index in [1.807, 2.05) is 19.1 Å². The van der Waals surface area contributed by atoms with Gasteiger partial charge in [-0.05, 0) is 31.4 Å². The zero-order valence-corrected chi connectivity index (χ0v) is 13.5. The van der Waals surface area contributed by atoms with E-state index in [9.17, 15) is 9.90 Å². The number of anilines is 1. The van der Waals surface area contributed by atoms with Gasteiger partial charge in [-0.15, -0.1) is 0 Å². The van der Waals surface area contributed by atoms with Crippen molar-refractivity contribution in [3.63, 3.8) is 0 Å². The molecule has 0 aliphatic heterocycles. The maximum Gasteiger partial charge on any atom is 0.319 e. The summed E-state index contributed by atoms with van der Waals surface area (Å²) in [5, 5.41) is 18.7. The molecule has 7 nitrogen and oxygen atoms in total. The van der Waals surface area contributed by atoms with Crippen LogP contribution in [0.15, 0.2) is 28.8 Å². The molecule has 1 heterocycles. The van der Waals surface area contributed by atoms with Crippen molar-refractivity contribution in [2.45, 2.75) is 33.3 Å². The molecule has 0 bridgehead atoms. The van der Waals surface area contributed by atoms with E-state index in [1.165, 1.54) is 0 Å². The van der Waals surface area contributed by atoms with Crippen molar-refractivity contribution in [3.05, 3.63) is 30.2 Å². The number of aliphatic hydroxyl groups excluding tert-OH is 1. The van der Waals surface area contributed by atoms with Gasteiger partial charge in [-0.2, -0.15) is 4.98 Å². The van der Waals surface area contributed by atoms with Crippen LogP contribution in [0.25, 0.3) is 11.4 Å². The van der Waals surface area contributed by atoms with Gasteiger partial charge >= 0.3 is 6.03 Å². The van der Waals surface area contributed by atoms with Crippen molar-refractivity contribution >= 4 is 11.7 Å². The summed E-state index contributed by atoms with van der Waals surface area (Å²) in [5.41, 5.74) is 1.41. The Morgan fingerprint density at radius 2 is 2.17 bits per heavy atom. The minimum Gasteiger partial charge on any atom is -0.393 e. The number of urea groups is 1. The topological polar surface area (TPSA) is 100 Å². The molecule has 3 N–H and O–H groups in total. The van der Waals surface area contributed by atoms with E-state index in [0.717, 1.165) is 5.56 Å². The lowest BCUT2D eigenvalue weighted by molar-refractivity contribution is 0.163. The maximum absolute atomic E-state index is 11.9. The van der Waals surface area contributed by atoms with Gasteiger partial charge in [-0.25, -0.2) is 4.79 Å². The Hall–Kier alpha value is -2.41. The fourth-order valence-corrected chi connectivity index (χ4v) is 2.26. The van der Waals surface area contributed by atoms with E-state index in [4.69, 9.17) is 4.52 Å². The number of carbonyl (C=O) groups excluding carboxylic acids is 1. The van der Waals surface area contributed by atoms with Crippen molar-refractivity contribution < 1.29 is 14.4 Å². The van der Waals surface area contributed by atoms with Gasteiger partial charge in [0.25, 0.3) is 0 Å². The van der Waals surface area contributed by atoms with Crippen LogP contribution < -0.4 is 10.6 Å². The predicted molar refractivity (Wildman–Crippen MR) is 87.0 cm³/mol. The molecule has 2 rings (SSSR count). The first-order valence-corrected chi connectivity index (χ1v) is 7.57. The summed E-state index contributed by atoms with van der Waals surface area (Å²) in [5.74, 6) is 1.18. The van der Waals surface area contributed by atoms with Gasteiger partial charge in [-0.1, -0.05) is 24.2 Å². The third kappa shape index (κ3) is 5.37. The molecule has 0 fully saturated rings. The third-order valence-corrected chi connectivity index (χ3v) is 3.26. The summed E-state index contributed by atoms with van der Waals surface area (Å²) in [7, 11) is 0. The molecule has 0 spiro atoms. The summed E-state index contributed by atoms with van der Waals surface area (Å²) in [6.45, 7) is 5.94. The highest BCUT2D eigenvalue weighted by atomic mass is 16.5. The molecule has 0 saturated carbocycles. The lowest BCUT2D eigenvalue weighted by atomic mass is 10.1. The minimum absolute atomic E-state index is 0.203. The Labute approximate surface area is 135 Å². The van der Waals surface area contributed by atoms with Gasteiger partial charge in [0.15, 0.2) is 0 Å². The zero-order valence-electron chi connectivity index (χ0n) is 13.5. The third-order valence-electron chi connectivity index (χ3n) is 3.26. The second-order valence-electron chi connectivity index (χ2n) is 5.74. The highest BCUT2D eigenvalue weighted by molar-refractivity contribution is 5.89. The van der Waals surface area contributed by atoms with E-state index in [-0.39, 0.29) is 18.1 Å². The number of carbonyl (C=O) groups is 1. The number of hydrogen-bond donors (Lipinski definition) is 3. The van der Waals surface area contributed by atoms with Crippen molar-refractivity contribution in [1.29, 1.82) is 0 Å². The lowest BCUT2D eigenvalue weighted by Gasteiger charge is -2.14. The van der Waals surface area contributed by atoms with Crippen LogP contribution in [0.3, 0.4) is 0 Å². The Kier molecular flexibility index (Phi) is 5.70. The molecule has 0 aliphatic carbocycles. The van der Waals surface area contributed by atoms with Crippen LogP contribution >= 0.6 is 0 Å². The average molecular weight is 318 g/mol. The molecule has 2 unspecified atom stereocenters. The summed E-state index contributed by atoms with van der Waals surface area (Å²) in [6.07, 6.45) is 0.275. The van der Waals surface area contributed by atoms with Gasteiger partial charge < -0.3 is 20.3 Å². The van der Waals surface area contributed by atoms with Gasteiger partial charge in [0, 0.05) is 24.7 Å². The van der Waals surface area contributed by atoms with Crippen molar-refractivity contribution in [1.82, 2.24) is 15.5 Å². The molecule has 7 heteroatoms. The molecule has 0 radical (unpaired) electrons.